The standard InChI is InChI=1S/C12H16FNO2/c1-8(2)16-11(15)7-14-12-9(3)5-4-6-10(12)13/h4-6,8,14H,7H2,1-3H3. The molecule has 1 rings (SSSR count). The Hall–Kier alpha value is -1.58. The van der Waals surface area contributed by atoms with E-state index in [0.717, 1.165) is 5.56 Å². The normalized spacial score (nSPS) is 10.3. The van der Waals surface area contributed by atoms with Crippen LogP contribution in [0.5, 0.6) is 0 Å². The number of benzene rings is 1. The number of hydrogen-bond acceptors (Lipinski definition) is 3. The van der Waals surface area contributed by atoms with Crippen LogP contribution in [0.25, 0.3) is 0 Å². The average molecular weight is 225 g/mol. The first-order valence-corrected chi connectivity index (χ1v) is 5.19. The fourth-order valence-electron chi connectivity index (χ4n) is 1.32. The summed E-state index contributed by atoms with van der Waals surface area (Å²) in [5.74, 6) is -0.755. The monoisotopic (exact) mass is 225 g/mol. The highest BCUT2D eigenvalue weighted by Gasteiger charge is 2.08. The van der Waals surface area contributed by atoms with E-state index in [-0.39, 0.29) is 18.5 Å². The number of carbonyl (C=O) groups excluding carboxylic acids is 1. The molecule has 1 aromatic carbocycles. The lowest BCUT2D eigenvalue weighted by Gasteiger charge is -2.11. The van der Waals surface area contributed by atoms with Gasteiger partial charge in [0.2, 0.25) is 0 Å². The van der Waals surface area contributed by atoms with E-state index in [1.807, 2.05) is 0 Å². The summed E-state index contributed by atoms with van der Waals surface area (Å²) < 4.78 is 18.3. The molecule has 0 atom stereocenters. The number of rotatable bonds is 4. The third kappa shape index (κ3) is 3.53. The van der Waals surface area contributed by atoms with Crippen LogP contribution in [0.15, 0.2) is 18.2 Å². The summed E-state index contributed by atoms with van der Waals surface area (Å²) in [4.78, 5) is 11.2. The van der Waals surface area contributed by atoms with Crippen molar-refractivity contribution < 1.29 is 13.9 Å². The van der Waals surface area contributed by atoms with Gasteiger partial charge in [-0.15, -0.1) is 0 Å². The molecule has 0 fully saturated rings. The van der Waals surface area contributed by atoms with Crippen LogP contribution in [0.3, 0.4) is 0 Å². The molecular weight excluding hydrogens is 209 g/mol. The Morgan fingerprint density at radius 1 is 1.50 bits per heavy atom. The Balaban J connectivity index is 2.58. The zero-order valence-electron chi connectivity index (χ0n) is 9.71. The summed E-state index contributed by atoms with van der Waals surface area (Å²) >= 11 is 0. The van der Waals surface area contributed by atoms with Crippen LogP contribution in [0.1, 0.15) is 19.4 Å². The second-order valence-electron chi connectivity index (χ2n) is 3.82. The molecule has 0 aliphatic carbocycles. The van der Waals surface area contributed by atoms with Crippen LogP contribution >= 0.6 is 0 Å². The number of halogens is 1. The summed E-state index contributed by atoms with van der Waals surface area (Å²) in [6.45, 7) is 5.29. The lowest BCUT2D eigenvalue weighted by Crippen LogP contribution is -2.21. The van der Waals surface area contributed by atoms with Crippen molar-refractivity contribution in [1.29, 1.82) is 0 Å². The van der Waals surface area contributed by atoms with Gasteiger partial charge in [0.25, 0.3) is 0 Å². The van der Waals surface area contributed by atoms with E-state index in [2.05, 4.69) is 5.32 Å². The summed E-state index contributed by atoms with van der Waals surface area (Å²) in [6.07, 6.45) is -0.156. The van der Waals surface area contributed by atoms with Crippen LogP contribution < -0.4 is 5.32 Å². The molecule has 4 heteroatoms. The molecule has 1 N–H and O–H groups in total. The maximum Gasteiger partial charge on any atom is 0.325 e. The van der Waals surface area contributed by atoms with E-state index in [9.17, 15) is 9.18 Å². The van der Waals surface area contributed by atoms with Crippen molar-refractivity contribution in [2.45, 2.75) is 26.9 Å². The molecule has 0 heterocycles. The second kappa shape index (κ2) is 5.49. The minimum absolute atomic E-state index is 0.0278. The van der Waals surface area contributed by atoms with Crippen LogP contribution in [0.4, 0.5) is 10.1 Å². The van der Waals surface area contributed by atoms with Crippen molar-refractivity contribution in [2.75, 3.05) is 11.9 Å². The lowest BCUT2D eigenvalue weighted by molar-refractivity contribution is -0.145. The molecule has 0 unspecified atom stereocenters. The van der Waals surface area contributed by atoms with E-state index >= 15 is 0 Å². The molecule has 0 saturated carbocycles. The van der Waals surface area contributed by atoms with E-state index in [4.69, 9.17) is 4.74 Å². The Bertz CT molecular complexity index is 357. The number of esters is 1. The van der Waals surface area contributed by atoms with E-state index in [0.29, 0.717) is 5.69 Å². The summed E-state index contributed by atoms with van der Waals surface area (Å²) in [7, 11) is 0. The van der Waals surface area contributed by atoms with Gasteiger partial charge in [0.15, 0.2) is 0 Å². The van der Waals surface area contributed by atoms with Gasteiger partial charge in [0, 0.05) is 0 Å². The zero-order valence-corrected chi connectivity index (χ0v) is 9.71. The van der Waals surface area contributed by atoms with Gasteiger partial charge >= 0.3 is 5.97 Å². The van der Waals surface area contributed by atoms with Gasteiger partial charge in [-0.25, -0.2) is 4.39 Å². The van der Waals surface area contributed by atoms with Gasteiger partial charge in [-0.05, 0) is 32.4 Å². The van der Waals surface area contributed by atoms with Gasteiger partial charge in [0.1, 0.15) is 12.4 Å². The average Bonchev–Trinajstić information content (AvgIpc) is 2.15. The highest BCUT2D eigenvalue weighted by atomic mass is 19.1. The first-order valence-electron chi connectivity index (χ1n) is 5.19. The quantitative estimate of drug-likeness (QED) is 0.800. The van der Waals surface area contributed by atoms with Crippen LogP contribution in [-0.2, 0) is 9.53 Å². The largest absolute Gasteiger partial charge is 0.462 e. The molecule has 0 radical (unpaired) electrons. The highest BCUT2D eigenvalue weighted by molar-refractivity contribution is 5.75. The predicted molar refractivity (Wildman–Crippen MR) is 60.9 cm³/mol. The Morgan fingerprint density at radius 3 is 2.75 bits per heavy atom. The molecule has 0 spiro atoms. The van der Waals surface area contributed by atoms with Crippen LogP contribution in [0.2, 0.25) is 0 Å². The van der Waals surface area contributed by atoms with E-state index in [1.54, 1.807) is 32.9 Å². The minimum Gasteiger partial charge on any atom is -0.462 e. The topological polar surface area (TPSA) is 38.3 Å². The maximum atomic E-state index is 13.3. The number of para-hydroxylation sites is 1. The van der Waals surface area contributed by atoms with Gasteiger partial charge in [-0.2, -0.15) is 0 Å². The number of aryl methyl sites for hydroxylation is 1. The molecule has 0 aliphatic rings. The Morgan fingerprint density at radius 2 is 2.19 bits per heavy atom. The van der Waals surface area contributed by atoms with Crippen molar-refractivity contribution in [3.63, 3.8) is 0 Å². The molecule has 3 nitrogen and oxygen atoms in total. The van der Waals surface area contributed by atoms with Crippen molar-refractivity contribution in [1.82, 2.24) is 0 Å². The fraction of sp³-hybridized carbons (Fsp3) is 0.417. The Kier molecular flexibility index (Phi) is 4.28. The van der Waals surface area contributed by atoms with Gasteiger partial charge in [0.05, 0.1) is 11.8 Å². The third-order valence-corrected chi connectivity index (χ3v) is 2.00. The molecule has 0 aliphatic heterocycles. The van der Waals surface area contributed by atoms with Gasteiger partial charge in [-0.3, -0.25) is 4.79 Å². The van der Waals surface area contributed by atoms with Crippen molar-refractivity contribution in [2.24, 2.45) is 0 Å². The molecule has 1 aromatic rings. The highest BCUT2D eigenvalue weighted by Crippen LogP contribution is 2.18. The molecule has 0 saturated heterocycles. The summed E-state index contributed by atoms with van der Waals surface area (Å²) in [5.41, 5.74) is 1.11. The number of anilines is 1. The minimum atomic E-state index is -0.391. The first-order chi connectivity index (χ1) is 7.50. The molecule has 88 valence electrons. The molecule has 0 amide bonds. The molecule has 0 bridgehead atoms. The lowest BCUT2D eigenvalue weighted by atomic mass is 10.2. The predicted octanol–water partition coefficient (Wildman–Crippen LogP) is 2.50. The van der Waals surface area contributed by atoms with Crippen LogP contribution in [0, 0.1) is 12.7 Å². The fourth-order valence-corrected chi connectivity index (χ4v) is 1.32. The number of ether oxygens (including phenoxy) is 1. The molecule has 0 aromatic heterocycles. The van der Waals surface area contributed by atoms with Gasteiger partial charge < -0.3 is 10.1 Å². The van der Waals surface area contributed by atoms with E-state index < -0.39 is 5.97 Å². The van der Waals surface area contributed by atoms with Gasteiger partial charge in [-0.1, -0.05) is 12.1 Å². The zero-order chi connectivity index (χ0) is 12.1. The van der Waals surface area contributed by atoms with Crippen LogP contribution in [-0.4, -0.2) is 18.6 Å². The van der Waals surface area contributed by atoms with Crippen molar-refractivity contribution in [3.8, 4) is 0 Å². The van der Waals surface area contributed by atoms with Crippen molar-refractivity contribution in [3.05, 3.63) is 29.6 Å². The van der Waals surface area contributed by atoms with Crippen molar-refractivity contribution >= 4 is 11.7 Å². The number of hydrogen-bond donors (Lipinski definition) is 1. The maximum absolute atomic E-state index is 13.3. The number of nitrogens with one attached hydrogen (secondary N) is 1. The third-order valence-electron chi connectivity index (χ3n) is 2.00. The second-order valence-corrected chi connectivity index (χ2v) is 3.82. The molecular formula is C12H16FNO2. The number of carbonyl (C=O) groups is 1. The first kappa shape index (κ1) is 12.5. The summed E-state index contributed by atoms with van der Waals surface area (Å²) in [5, 5.41) is 2.74. The Labute approximate surface area is 94.6 Å². The van der Waals surface area contributed by atoms with E-state index in [1.165, 1.54) is 6.07 Å². The molecule has 16 heavy (non-hydrogen) atoms. The summed E-state index contributed by atoms with van der Waals surface area (Å²) in [6, 6.07) is 4.75. The smallest absolute Gasteiger partial charge is 0.325 e. The SMILES string of the molecule is Cc1cccc(F)c1NCC(=O)OC(C)C.